The van der Waals surface area contributed by atoms with Crippen LogP contribution in [0.5, 0.6) is 11.5 Å². The average molecular weight is 313 g/mol. The summed E-state index contributed by atoms with van der Waals surface area (Å²) in [5.74, 6) is 0.469. The summed E-state index contributed by atoms with van der Waals surface area (Å²) in [7, 11) is -1.02. The highest BCUT2D eigenvalue weighted by Gasteiger charge is 2.22. The number of aromatic nitrogens is 1. The highest BCUT2D eigenvalue weighted by Crippen LogP contribution is 2.33. The summed E-state index contributed by atoms with van der Waals surface area (Å²) in [6.07, 6.45) is 1.36. The van der Waals surface area contributed by atoms with Crippen LogP contribution in [0.1, 0.15) is 5.69 Å². The van der Waals surface area contributed by atoms with Gasteiger partial charge in [0.25, 0.3) is 0 Å². The van der Waals surface area contributed by atoms with E-state index in [2.05, 4.69) is 14.4 Å². The third-order valence-corrected chi connectivity index (χ3v) is 4.16. The predicted molar refractivity (Wildman–Crippen MR) is 74.5 cm³/mol. The smallest absolute Gasteiger partial charge is 0.244 e. The summed E-state index contributed by atoms with van der Waals surface area (Å²) in [5, 5.41) is 3.62. The topological polar surface area (TPSA) is 117 Å². The van der Waals surface area contributed by atoms with E-state index in [0.29, 0.717) is 11.4 Å². The van der Waals surface area contributed by atoms with Crippen LogP contribution in [0.4, 0.5) is 5.69 Å². The number of benzene rings is 1. The zero-order chi connectivity index (χ0) is 15.5. The van der Waals surface area contributed by atoms with Crippen molar-refractivity contribution in [2.45, 2.75) is 11.4 Å². The Labute approximate surface area is 121 Å². The van der Waals surface area contributed by atoms with E-state index in [1.54, 1.807) is 6.07 Å². The first kappa shape index (κ1) is 15.1. The quantitative estimate of drug-likeness (QED) is 0.756. The maximum Gasteiger partial charge on any atom is 0.244 e. The Hall–Kier alpha value is -2.26. The second kappa shape index (κ2) is 6.02. The molecule has 0 aliphatic heterocycles. The third kappa shape index (κ3) is 3.26. The van der Waals surface area contributed by atoms with Crippen molar-refractivity contribution in [3.05, 3.63) is 30.2 Å². The number of sulfonamides is 1. The molecule has 0 saturated carbocycles. The molecule has 1 aromatic heterocycles. The Morgan fingerprint density at radius 3 is 2.57 bits per heavy atom. The van der Waals surface area contributed by atoms with Crippen LogP contribution in [-0.4, -0.2) is 27.8 Å². The van der Waals surface area contributed by atoms with Gasteiger partial charge in [0.2, 0.25) is 10.0 Å². The molecule has 0 fully saturated rings. The van der Waals surface area contributed by atoms with Crippen molar-refractivity contribution >= 4 is 15.7 Å². The first-order valence-electron chi connectivity index (χ1n) is 5.88. The molecule has 1 heterocycles. The van der Waals surface area contributed by atoms with Crippen LogP contribution < -0.4 is 19.9 Å². The van der Waals surface area contributed by atoms with Gasteiger partial charge < -0.3 is 19.7 Å². The normalized spacial score (nSPS) is 11.3. The van der Waals surface area contributed by atoms with Gasteiger partial charge in [0.1, 0.15) is 22.7 Å². The third-order valence-electron chi connectivity index (χ3n) is 2.74. The summed E-state index contributed by atoms with van der Waals surface area (Å²) in [6.45, 7) is -0.00603. The maximum absolute atomic E-state index is 12.3. The Morgan fingerprint density at radius 1 is 1.29 bits per heavy atom. The molecule has 0 aliphatic carbocycles. The number of nitrogens with zero attached hydrogens (tertiary/aromatic N) is 1. The molecule has 0 amide bonds. The van der Waals surface area contributed by atoms with Crippen LogP contribution in [0.25, 0.3) is 0 Å². The molecule has 8 nitrogen and oxygen atoms in total. The van der Waals surface area contributed by atoms with E-state index in [1.807, 2.05) is 0 Å². The zero-order valence-corrected chi connectivity index (χ0v) is 12.3. The molecule has 0 spiro atoms. The van der Waals surface area contributed by atoms with Gasteiger partial charge in [-0.05, 0) is 6.07 Å². The van der Waals surface area contributed by atoms with Crippen LogP contribution in [0, 0.1) is 0 Å². The maximum atomic E-state index is 12.3. The fourth-order valence-corrected chi connectivity index (χ4v) is 2.86. The molecular weight excluding hydrogens is 298 g/mol. The van der Waals surface area contributed by atoms with Gasteiger partial charge in [-0.25, -0.2) is 13.1 Å². The van der Waals surface area contributed by atoms with Crippen LogP contribution in [0.2, 0.25) is 0 Å². The van der Waals surface area contributed by atoms with Crippen molar-refractivity contribution in [1.29, 1.82) is 0 Å². The lowest BCUT2D eigenvalue weighted by Gasteiger charge is -2.13. The number of rotatable bonds is 6. The van der Waals surface area contributed by atoms with E-state index in [0.717, 1.165) is 0 Å². The second-order valence-electron chi connectivity index (χ2n) is 4.06. The van der Waals surface area contributed by atoms with Gasteiger partial charge in [0, 0.05) is 12.1 Å². The van der Waals surface area contributed by atoms with Crippen LogP contribution in [0.15, 0.2) is 33.9 Å². The first-order chi connectivity index (χ1) is 9.97. The molecule has 114 valence electrons. The largest absolute Gasteiger partial charge is 0.495 e. The van der Waals surface area contributed by atoms with Gasteiger partial charge >= 0.3 is 0 Å². The SMILES string of the molecule is COc1cc(OC)c(S(=O)(=O)NCc2ccon2)cc1N. The number of anilines is 1. The molecule has 0 unspecified atom stereocenters. The fourth-order valence-electron chi connectivity index (χ4n) is 1.68. The monoisotopic (exact) mass is 313 g/mol. The lowest BCUT2D eigenvalue weighted by atomic mass is 10.3. The highest BCUT2D eigenvalue weighted by atomic mass is 32.2. The van der Waals surface area contributed by atoms with E-state index < -0.39 is 10.0 Å². The van der Waals surface area contributed by atoms with Gasteiger partial charge in [-0.2, -0.15) is 0 Å². The number of hydrogen-bond donors (Lipinski definition) is 2. The van der Waals surface area contributed by atoms with Gasteiger partial charge in [-0.1, -0.05) is 5.16 Å². The van der Waals surface area contributed by atoms with Crippen LogP contribution in [0.3, 0.4) is 0 Å². The molecule has 0 radical (unpaired) electrons. The molecule has 2 rings (SSSR count). The lowest BCUT2D eigenvalue weighted by Crippen LogP contribution is -2.24. The molecule has 2 aromatic rings. The lowest BCUT2D eigenvalue weighted by molar-refractivity contribution is 0.387. The number of ether oxygens (including phenoxy) is 2. The summed E-state index contributed by atoms with van der Waals surface area (Å²) in [4.78, 5) is -0.0770. The van der Waals surface area contributed by atoms with E-state index in [9.17, 15) is 8.42 Å². The van der Waals surface area contributed by atoms with Crippen molar-refractivity contribution in [2.24, 2.45) is 0 Å². The molecule has 0 saturated heterocycles. The standard InChI is InChI=1S/C12H15N3O5S/c1-18-10-6-11(19-2)12(5-9(10)13)21(16,17)14-7-8-3-4-20-15-8/h3-6,14H,7,13H2,1-2H3. The van der Waals surface area contributed by atoms with Crippen molar-refractivity contribution in [3.8, 4) is 11.5 Å². The Bertz CT molecular complexity index is 713. The van der Waals surface area contributed by atoms with E-state index >= 15 is 0 Å². The first-order valence-corrected chi connectivity index (χ1v) is 7.36. The van der Waals surface area contributed by atoms with Crippen LogP contribution in [-0.2, 0) is 16.6 Å². The van der Waals surface area contributed by atoms with E-state index in [-0.39, 0.29) is 22.9 Å². The molecule has 3 N–H and O–H groups in total. The summed E-state index contributed by atoms with van der Waals surface area (Å²) in [5.41, 5.74) is 6.39. The number of methoxy groups -OCH3 is 2. The summed E-state index contributed by atoms with van der Waals surface area (Å²) < 4.78 is 41.8. The Kier molecular flexibility index (Phi) is 4.34. The summed E-state index contributed by atoms with van der Waals surface area (Å²) in [6, 6.07) is 4.25. The van der Waals surface area contributed by atoms with Crippen molar-refractivity contribution < 1.29 is 22.4 Å². The van der Waals surface area contributed by atoms with Gasteiger partial charge in [-0.15, -0.1) is 0 Å². The van der Waals surface area contributed by atoms with E-state index in [1.165, 1.54) is 32.6 Å². The minimum atomic E-state index is -3.82. The fraction of sp³-hybridized carbons (Fsp3) is 0.250. The number of nitrogens with two attached hydrogens (primary N) is 1. The molecule has 0 atom stereocenters. The van der Waals surface area contributed by atoms with Crippen molar-refractivity contribution in [3.63, 3.8) is 0 Å². The van der Waals surface area contributed by atoms with Crippen molar-refractivity contribution in [2.75, 3.05) is 20.0 Å². The zero-order valence-electron chi connectivity index (χ0n) is 11.5. The van der Waals surface area contributed by atoms with Gasteiger partial charge in [-0.3, -0.25) is 0 Å². The van der Waals surface area contributed by atoms with Gasteiger partial charge in [0.15, 0.2) is 0 Å². The van der Waals surface area contributed by atoms with Gasteiger partial charge in [0.05, 0.1) is 32.1 Å². The van der Waals surface area contributed by atoms with Crippen LogP contribution >= 0.6 is 0 Å². The molecular formula is C12H15N3O5S. The predicted octanol–water partition coefficient (Wildman–Crippen LogP) is 0.752. The Morgan fingerprint density at radius 2 is 2.00 bits per heavy atom. The number of nitrogen functional groups attached to an aromatic ring is 1. The molecule has 0 aliphatic rings. The Balaban J connectivity index is 2.32. The highest BCUT2D eigenvalue weighted by molar-refractivity contribution is 7.89. The number of hydrogen-bond acceptors (Lipinski definition) is 7. The average Bonchev–Trinajstić information content (AvgIpc) is 2.98. The molecule has 21 heavy (non-hydrogen) atoms. The molecule has 9 heteroatoms. The minimum absolute atomic E-state index is 0.00603. The molecule has 0 bridgehead atoms. The molecule has 1 aromatic carbocycles. The van der Waals surface area contributed by atoms with Crippen molar-refractivity contribution in [1.82, 2.24) is 9.88 Å². The minimum Gasteiger partial charge on any atom is -0.495 e. The second-order valence-corrected chi connectivity index (χ2v) is 5.80. The van der Waals surface area contributed by atoms with E-state index in [4.69, 9.17) is 15.2 Å². The summed E-state index contributed by atoms with van der Waals surface area (Å²) >= 11 is 0. The number of nitrogens with one attached hydrogen (secondary N) is 1.